The van der Waals surface area contributed by atoms with E-state index in [1.54, 1.807) is 18.2 Å². The highest BCUT2D eigenvalue weighted by Gasteiger charge is 2.07. The molecule has 0 saturated carbocycles. The van der Waals surface area contributed by atoms with E-state index < -0.39 is 0 Å². The molecule has 0 aliphatic heterocycles. The van der Waals surface area contributed by atoms with Crippen LogP contribution in [0.4, 0.5) is 0 Å². The molecule has 100 valence electrons. The van der Waals surface area contributed by atoms with Crippen molar-refractivity contribution in [3.8, 4) is 0 Å². The monoisotopic (exact) mass is 314 g/mol. The van der Waals surface area contributed by atoms with Crippen LogP contribution in [0, 0.1) is 0 Å². The van der Waals surface area contributed by atoms with E-state index in [0.717, 1.165) is 24.1 Å². The van der Waals surface area contributed by atoms with Gasteiger partial charge in [0.25, 0.3) is 0 Å². The van der Waals surface area contributed by atoms with Gasteiger partial charge in [0.1, 0.15) is 11.0 Å². The lowest BCUT2D eigenvalue weighted by Gasteiger charge is -2.06. The molecule has 0 aliphatic carbocycles. The number of hydrogen-bond donors (Lipinski definition) is 0. The van der Waals surface area contributed by atoms with Gasteiger partial charge in [-0.3, -0.25) is 0 Å². The molecule has 0 spiro atoms. The molecule has 2 nitrogen and oxygen atoms in total. The summed E-state index contributed by atoms with van der Waals surface area (Å²) >= 11 is 18.0. The fraction of sp³-hybridized carbons (Fsp3) is 0.286. The van der Waals surface area contributed by atoms with Crippen molar-refractivity contribution in [3.05, 3.63) is 56.5 Å². The molecule has 0 unspecified atom stereocenters. The number of aromatic nitrogens is 2. The summed E-state index contributed by atoms with van der Waals surface area (Å²) in [5.74, 6) is 0.681. The van der Waals surface area contributed by atoms with Crippen LogP contribution in [0.3, 0.4) is 0 Å². The molecule has 0 aliphatic rings. The van der Waals surface area contributed by atoms with Gasteiger partial charge in [-0.05, 0) is 30.2 Å². The van der Waals surface area contributed by atoms with Crippen molar-refractivity contribution < 1.29 is 0 Å². The van der Waals surface area contributed by atoms with Gasteiger partial charge in [0.15, 0.2) is 0 Å². The summed E-state index contributed by atoms with van der Waals surface area (Å²) in [4.78, 5) is 8.73. The van der Waals surface area contributed by atoms with E-state index in [4.69, 9.17) is 34.8 Å². The first-order valence-corrected chi connectivity index (χ1v) is 7.18. The van der Waals surface area contributed by atoms with Crippen LogP contribution < -0.4 is 0 Å². The van der Waals surface area contributed by atoms with Gasteiger partial charge in [-0.2, -0.15) is 0 Å². The number of nitrogens with zero attached hydrogens (tertiary/aromatic N) is 2. The van der Waals surface area contributed by atoms with Crippen LogP contribution in [0.2, 0.25) is 15.2 Å². The van der Waals surface area contributed by atoms with Crippen molar-refractivity contribution >= 4 is 34.8 Å². The van der Waals surface area contributed by atoms with Crippen LogP contribution in [0.25, 0.3) is 0 Å². The lowest BCUT2D eigenvalue weighted by molar-refractivity contribution is 0.841. The molecule has 1 aromatic heterocycles. The Morgan fingerprint density at radius 1 is 1.05 bits per heavy atom. The van der Waals surface area contributed by atoms with Crippen LogP contribution in [0.15, 0.2) is 24.3 Å². The number of rotatable bonds is 4. The van der Waals surface area contributed by atoms with Gasteiger partial charge in [-0.1, -0.05) is 54.2 Å². The van der Waals surface area contributed by atoms with Gasteiger partial charge in [-0.15, -0.1) is 0 Å². The molecule has 0 fully saturated rings. The maximum atomic E-state index is 6.15. The molecule has 0 bridgehead atoms. The Morgan fingerprint density at radius 2 is 1.84 bits per heavy atom. The summed E-state index contributed by atoms with van der Waals surface area (Å²) in [5, 5.41) is 1.71. The molecular weight excluding hydrogens is 303 g/mol. The second-order valence-electron chi connectivity index (χ2n) is 4.26. The molecule has 1 heterocycles. The first kappa shape index (κ1) is 14.6. The van der Waals surface area contributed by atoms with Crippen LogP contribution >= 0.6 is 34.8 Å². The van der Waals surface area contributed by atoms with Crippen LogP contribution in [-0.2, 0) is 12.8 Å². The van der Waals surface area contributed by atoms with Crippen LogP contribution in [-0.4, -0.2) is 9.97 Å². The molecule has 5 heteroatoms. The number of aryl methyl sites for hydroxylation is 1. The highest BCUT2D eigenvalue weighted by Crippen LogP contribution is 2.23. The Morgan fingerprint density at radius 3 is 2.53 bits per heavy atom. The minimum Gasteiger partial charge on any atom is -0.237 e. The summed E-state index contributed by atoms with van der Waals surface area (Å²) in [6.45, 7) is 2.10. The predicted octanol–water partition coefficient (Wildman–Crippen LogP) is 4.98. The average molecular weight is 316 g/mol. The molecule has 0 amide bonds. The van der Waals surface area contributed by atoms with E-state index in [0.29, 0.717) is 27.4 Å². The fourth-order valence-corrected chi connectivity index (χ4v) is 2.51. The molecule has 0 saturated heterocycles. The summed E-state index contributed by atoms with van der Waals surface area (Å²) in [6.07, 6.45) is 2.46. The average Bonchev–Trinajstić information content (AvgIpc) is 2.32. The number of hydrogen-bond acceptors (Lipinski definition) is 2. The molecule has 19 heavy (non-hydrogen) atoms. The summed E-state index contributed by atoms with van der Waals surface area (Å²) in [6, 6.07) is 7.21. The molecule has 0 radical (unpaired) electrons. The van der Waals surface area contributed by atoms with Crippen molar-refractivity contribution in [1.82, 2.24) is 9.97 Å². The van der Waals surface area contributed by atoms with Crippen LogP contribution in [0.5, 0.6) is 0 Å². The Kier molecular flexibility index (Phi) is 5.03. The van der Waals surface area contributed by atoms with Crippen molar-refractivity contribution in [2.75, 3.05) is 0 Å². The zero-order valence-corrected chi connectivity index (χ0v) is 12.7. The first-order chi connectivity index (χ1) is 9.08. The summed E-state index contributed by atoms with van der Waals surface area (Å²) < 4.78 is 0. The minimum absolute atomic E-state index is 0.471. The maximum absolute atomic E-state index is 6.15. The molecule has 2 rings (SSSR count). The zero-order chi connectivity index (χ0) is 13.8. The lowest BCUT2D eigenvalue weighted by Crippen LogP contribution is -2.01. The largest absolute Gasteiger partial charge is 0.237 e. The molecule has 1 aromatic carbocycles. The van der Waals surface area contributed by atoms with Crippen molar-refractivity contribution in [2.24, 2.45) is 0 Å². The molecule has 0 N–H and O–H groups in total. The zero-order valence-electron chi connectivity index (χ0n) is 10.5. The predicted molar refractivity (Wildman–Crippen MR) is 80.3 cm³/mol. The SMILES string of the molecule is CCCc1cc(Cl)nc(Cc2ccc(Cl)cc2Cl)n1. The second-order valence-corrected chi connectivity index (χ2v) is 5.49. The van der Waals surface area contributed by atoms with Crippen LogP contribution in [0.1, 0.15) is 30.4 Å². The Bertz CT molecular complexity index is 585. The molecule has 2 aromatic rings. The lowest BCUT2D eigenvalue weighted by atomic mass is 10.1. The van der Waals surface area contributed by atoms with E-state index in [9.17, 15) is 0 Å². The van der Waals surface area contributed by atoms with Crippen molar-refractivity contribution in [2.45, 2.75) is 26.2 Å². The smallest absolute Gasteiger partial charge is 0.134 e. The van der Waals surface area contributed by atoms with Gasteiger partial charge in [0, 0.05) is 22.2 Å². The second kappa shape index (κ2) is 6.56. The third-order valence-electron chi connectivity index (χ3n) is 2.66. The fourth-order valence-electron chi connectivity index (χ4n) is 1.81. The topological polar surface area (TPSA) is 25.8 Å². The Hall–Kier alpha value is -0.830. The quantitative estimate of drug-likeness (QED) is 0.744. The van der Waals surface area contributed by atoms with Gasteiger partial charge in [0.2, 0.25) is 0 Å². The highest BCUT2D eigenvalue weighted by atomic mass is 35.5. The van der Waals surface area contributed by atoms with Gasteiger partial charge >= 0.3 is 0 Å². The van der Waals surface area contributed by atoms with E-state index >= 15 is 0 Å². The van der Waals surface area contributed by atoms with E-state index in [1.165, 1.54) is 0 Å². The number of benzene rings is 1. The molecular formula is C14H13Cl3N2. The van der Waals surface area contributed by atoms with Gasteiger partial charge in [0.05, 0.1) is 0 Å². The van der Waals surface area contributed by atoms with Crippen molar-refractivity contribution in [3.63, 3.8) is 0 Å². The summed E-state index contributed by atoms with van der Waals surface area (Å²) in [7, 11) is 0. The summed E-state index contributed by atoms with van der Waals surface area (Å²) in [5.41, 5.74) is 1.90. The van der Waals surface area contributed by atoms with E-state index in [-0.39, 0.29) is 0 Å². The molecule has 0 atom stereocenters. The minimum atomic E-state index is 0.471. The third-order valence-corrected chi connectivity index (χ3v) is 3.44. The number of halogens is 3. The maximum Gasteiger partial charge on any atom is 0.134 e. The van der Waals surface area contributed by atoms with Crippen molar-refractivity contribution in [1.29, 1.82) is 0 Å². The Balaban J connectivity index is 2.27. The normalized spacial score (nSPS) is 10.7. The Labute approximate surface area is 127 Å². The van der Waals surface area contributed by atoms with E-state index in [1.807, 2.05) is 6.07 Å². The van der Waals surface area contributed by atoms with Gasteiger partial charge in [-0.25, -0.2) is 9.97 Å². The first-order valence-electron chi connectivity index (χ1n) is 6.04. The van der Waals surface area contributed by atoms with Gasteiger partial charge < -0.3 is 0 Å². The highest BCUT2D eigenvalue weighted by molar-refractivity contribution is 6.35. The standard InChI is InChI=1S/C14H13Cl3N2/c1-2-3-11-8-13(17)19-14(18-11)6-9-4-5-10(15)7-12(9)16/h4-5,7-8H,2-3,6H2,1H3. The van der Waals surface area contributed by atoms with E-state index in [2.05, 4.69) is 16.9 Å². The third kappa shape index (κ3) is 4.07.